The Balaban J connectivity index is 1.93. The highest BCUT2D eigenvalue weighted by Gasteiger charge is 2.36. The Morgan fingerprint density at radius 2 is 2.32 bits per heavy atom. The lowest BCUT2D eigenvalue weighted by Crippen LogP contribution is -2.43. The molecule has 4 heteroatoms. The Labute approximate surface area is 113 Å². The second-order valence-corrected chi connectivity index (χ2v) is 5.44. The fraction of sp³-hybridized carbons (Fsp3) is 0.533. The molecule has 0 bridgehead atoms. The van der Waals surface area contributed by atoms with Crippen LogP contribution >= 0.6 is 0 Å². The molecule has 0 radical (unpaired) electrons. The largest absolute Gasteiger partial charge is 0.506 e. The molecule has 1 aromatic rings. The number of hydrogen-bond donors (Lipinski definition) is 1. The van der Waals surface area contributed by atoms with Gasteiger partial charge in [0, 0.05) is 13.2 Å². The maximum atomic E-state index is 12.6. The molecule has 0 saturated carbocycles. The van der Waals surface area contributed by atoms with E-state index < -0.39 is 0 Å². The lowest BCUT2D eigenvalue weighted by Gasteiger charge is -2.32. The Kier molecular flexibility index (Phi) is 3.19. The van der Waals surface area contributed by atoms with Crippen molar-refractivity contribution >= 4 is 11.6 Å². The van der Waals surface area contributed by atoms with Crippen LogP contribution in [0.25, 0.3) is 0 Å². The molecule has 1 N–H and O–H groups in total. The van der Waals surface area contributed by atoms with Crippen molar-refractivity contribution in [3.8, 4) is 5.75 Å². The van der Waals surface area contributed by atoms with Gasteiger partial charge < -0.3 is 14.7 Å². The first-order valence-electron chi connectivity index (χ1n) is 6.92. The van der Waals surface area contributed by atoms with Gasteiger partial charge in [0.15, 0.2) is 0 Å². The minimum Gasteiger partial charge on any atom is -0.506 e. The minimum atomic E-state index is -0.356. The van der Waals surface area contributed by atoms with Gasteiger partial charge in [-0.05, 0) is 36.8 Å². The topological polar surface area (TPSA) is 49.8 Å². The highest BCUT2D eigenvalue weighted by molar-refractivity contribution is 5.99. The molecule has 1 aromatic carbocycles. The number of fused-ring (bicyclic) bond motifs is 1. The van der Waals surface area contributed by atoms with Crippen LogP contribution < -0.4 is 4.90 Å². The number of aromatic hydroxyl groups is 1. The average molecular weight is 261 g/mol. The van der Waals surface area contributed by atoms with Gasteiger partial charge in [-0.15, -0.1) is 0 Å². The molecule has 0 aromatic heterocycles. The van der Waals surface area contributed by atoms with Gasteiger partial charge in [-0.1, -0.05) is 19.1 Å². The van der Waals surface area contributed by atoms with Crippen LogP contribution in [0.5, 0.6) is 5.75 Å². The number of carbonyl (C=O) groups excluding carboxylic acids is 1. The van der Waals surface area contributed by atoms with Crippen LogP contribution in [0.1, 0.15) is 25.3 Å². The minimum absolute atomic E-state index is 0.00699. The van der Waals surface area contributed by atoms with Crippen molar-refractivity contribution in [2.75, 3.05) is 18.1 Å². The lowest BCUT2D eigenvalue weighted by molar-refractivity contribution is -0.128. The van der Waals surface area contributed by atoms with Gasteiger partial charge in [-0.25, -0.2) is 0 Å². The predicted molar refractivity (Wildman–Crippen MR) is 72.3 cm³/mol. The van der Waals surface area contributed by atoms with Crippen molar-refractivity contribution in [2.45, 2.75) is 32.3 Å². The number of phenols is 1. The first kappa shape index (κ1) is 12.5. The van der Waals surface area contributed by atoms with Crippen molar-refractivity contribution in [1.29, 1.82) is 0 Å². The number of nitrogens with zero attached hydrogens (tertiary/aromatic N) is 1. The summed E-state index contributed by atoms with van der Waals surface area (Å²) >= 11 is 0. The van der Waals surface area contributed by atoms with Crippen LogP contribution in [0.4, 0.5) is 5.69 Å². The Bertz CT molecular complexity index is 500. The van der Waals surface area contributed by atoms with Crippen LogP contribution in [0, 0.1) is 5.92 Å². The van der Waals surface area contributed by atoms with E-state index in [0.29, 0.717) is 18.8 Å². The van der Waals surface area contributed by atoms with E-state index in [0.717, 1.165) is 24.8 Å². The molecule has 0 aliphatic carbocycles. The number of rotatable bonds is 1. The van der Waals surface area contributed by atoms with Crippen LogP contribution in [-0.4, -0.2) is 30.3 Å². The van der Waals surface area contributed by atoms with E-state index in [1.807, 2.05) is 19.1 Å². The second-order valence-electron chi connectivity index (χ2n) is 5.44. The predicted octanol–water partition coefficient (Wildman–Crippen LogP) is 2.10. The van der Waals surface area contributed by atoms with Crippen LogP contribution in [0.2, 0.25) is 0 Å². The number of amides is 1. The Hall–Kier alpha value is -1.55. The van der Waals surface area contributed by atoms with Crippen molar-refractivity contribution in [3.63, 3.8) is 0 Å². The van der Waals surface area contributed by atoms with E-state index >= 15 is 0 Å². The summed E-state index contributed by atoms with van der Waals surface area (Å²) in [6.07, 6.45) is 2.42. The van der Waals surface area contributed by atoms with Gasteiger partial charge in [0.05, 0.1) is 5.69 Å². The number of aryl methyl sites for hydroxylation is 1. The van der Waals surface area contributed by atoms with Gasteiger partial charge in [0.1, 0.15) is 11.9 Å². The van der Waals surface area contributed by atoms with Gasteiger partial charge in [-0.3, -0.25) is 4.79 Å². The molecule has 2 aliphatic heterocycles. The maximum Gasteiger partial charge on any atom is 0.256 e. The van der Waals surface area contributed by atoms with Crippen molar-refractivity contribution in [3.05, 3.63) is 23.8 Å². The van der Waals surface area contributed by atoms with E-state index in [9.17, 15) is 9.90 Å². The third-order valence-corrected chi connectivity index (χ3v) is 4.09. The number of phenolic OH excluding ortho intramolecular Hbond substituents is 1. The molecule has 1 saturated heterocycles. The standard InChI is InChI=1S/C15H19NO3/c1-10-7-9-19-14(10)15(18)16-8-3-5-11-4-2-6-12(17)13(11)16/h2,4,6,10,14,17H,3,5,7-9H2,1H3. The first-order valence-corrected chi connectivity index (χ1v) is 6.92. The number of ether oxygens (including phenoxy) is 1. The molecular weight excluding hydrogens is 242 g/mol. The van der Waals surface area contributed by atoms with Gasteiger partial charge in [0.25, 0.3) is 5.91 Å². The highest BCUT2D eigenvalue weighted by Crippen LogP contribution is 2.37. The normalized spacial score (nSPS) is 26.3. The van der Waals surface area contributed by atoms with E-state index in [1.165, 1.54) is 0 Å². The van der Waals surface area contributed by atoms with Crippen LogP contribution in [0.15, 0.2) is 18.2 Å². The molecule has 19 heavy (non-hydrogen) atoms. The fourth-order valence-corrected chi connectivity index (χ4v) is 3.02. The summed E-state index contributed by atoms with van der Waals surface area (Å²) in [6.45, 7) is 3.36. The fourth-order valence-electron chi connectivity index (χ4n) is 3.02. The summed E-state index contributed by atoms with van der Waals surface area (Å²) in [5.74, 6) is 0.437. The van der Waals surface area contributed by atoms with Gasteiger partial charge in [0.2, 0.25) is 0 Å². The monoisotopic (exact) mass is 261 g/mol. The molecule has 2 heterocycles. The highest BCUT2D eigenvalue weighted by atomic mass is 16.5. The smallest absolute Gasteiger partial charge is 0.256 e. The molecule has 2 aliphatic rings. The molecule has 1 amide bonds. The SMILES string of the molecule is CC1CCOC1C(=O)N1CCCc2cccc(O)c21. The van der Waals surface area contributed by atoms with Gasteiger partial charge >= 0.3 is 0 Å². The molecule has 2 unspecified atom stereocenters. The summed E-state index contributed by atoms with van der Waals surface area (Å²) in [7, 11) is 0. The third-order valence-electron chi connectivity index (χ3n) is 4.09. The Morgan fingerprint density at radius 1 is 1.47 bits per heavy atom. The van der Waals surface area contributed by atoms with Crippen molar-refractivity contribution < 1.29 is 14.6 Å². The molecule has 0 spiro atoms. The molecule has 3 rings (SSSR count). The lowest BCUT2D eigenvalue weighted by atomic mass is 9.98. The maximum absolute atomic E-state index is 12.6. The third kappa shape index (κ3) is 2.10. The summed E-state index contributed by atoms with van der Waals surface area (Å²) in [4.78, 5) is 14.3. The number of carbonyl (C=O) groups is 1. The van der Waals surface area contributed by atoms with E-state index in [4.69, 9.17) is 4.74 Å². The molecule has 4 nitrogen and oxygen atoms in total. The quantitative estimate of drug-likeness (QED) is 0.842. The summed E-state index contributed by atoms with van der Waals surface area (Å²) in [5, 5.41) is 10.0. The molecule has 102 valence electrons. The molecule has 2 atom stereocenters. The van der Waals surface area contributed by atoms with Crippen molar-refractivity contribution in [2.24, 2.45) is 5.92 Å². The summed E-state index contributed by atoms with van der Waals surface area (Å²) < 4.78 is 5.56. The van der Waals surface area contributed by atoms with E-state index in [1.54, 1.807) is 11.0 Å². The average Bonchev–Trinajstić information content (AvgIpc) is 2.84. The number of para-hydroxylation sites is 1. The zero-order chi connectivity index (χ0) is 13.4. The second kappa shape index (κ2) is 4.85. The van der Waals surface area contributed by atoms with Crippen LogP contribution in [-0.2, 0) is 16.0 Å². The first-order chi connectivity index (χ1) is 9.18. The number of anilines is 1. The van der Waals surface area contributed by atoms with Gasteiger partial charge in [-0.2, -0.15) is 0 Å². The van der Waals surface area contributed by atoms with E-state index in [-0.39, 0.29) is 23.7 Å². The van der Waals surface area contributed by atoms with Crippen molar-refractivity contribution in [1.82, 2.24) is 0 Å². The summed E-state index contributed by atoms with van der Waals surface area (Å²) in [5.41, 5.74) is 1.73. The molecule has 1 fully saturated rings. The van der Waals surface area contributed by atoms with Crippen LogP contribution in [0.3, 0.4) is 0 Å². The summed E-state index contributed by atoms with van der Waals surface area (Å²) in [6, 6.07) is 5.45. The number of benzene rings is 1. The number of hydrogen-bond acceptors (Lipinski definition) is 3. The van der Waals surface area contributed by atoms with E-state index in [2.05, 4.69) is 0 Å². The zero-order valence-corrected chi connectivity index (χ0v) is 11.1. The Morgan fingerprint density at radius 3 is 3.05 bits per heavy atom. The zero-order valence-electron chi connectivity index (χ0n) is 11.1. The molecular formula is C15H19NO3.